The highest BCUT2D eigenvalue weighted by molar-refractivity contribution is 7.00. The first kappa shape index (κ1) is 77.2. The molecule has 0 aliphatic carbocycles. The maximum Gasteiger partial charge on any atom is 0.252 e. The Kier molecular flexibility index (Phi) is 20.0. The highest BCUT2D eigenvalue weighted by atomic mass is 15.2. The third kappa shape index (κ3) is 13.9. The predicted molar refractivity (Wildman–Crippen MR) is 534 cm³/mol. The average molecular weight is 1600 g/mol. The molecule has 0 radical (unpaired) electrons. The molecule has 21 rings (SSSR count). The molecule has 594 valence electrons. The van der Waals surface area contributed by atoms with Crippen LogP contribution in [0.3, 0.4) is 0 Å². The summed E-state index contributed by atoms with van der Waals surface area (Å²) in [5.74, 6) is 0. The van der Waals surface area contributed by atoms with Gasteiger partial charge in [-0.25, -0.2) is 0 Å². The molecule has 125 heavy (non-hydrogen) atoms. The lowest BCUT2D eigenvalue weighted by atomic mass is 9.33. The second kappa shape index (κ2) is 32.3. The van der Waals surface area contributed by atoms with Crippen LogP contribution in [-0.2, 0) is 10.8 Å². The van der Waals surface area contributed by atoms with E-state index in [2.05, 4.69) is 506 Å². The molecule has 2 aliphatic rings. The molecule has 19 aromatic carbocycles. The summed E-state index contributed by atoms with van der Waals surface area (Å²) < 4.78 is 0. The fraction of sp³-hybridized carbons (Fsp3) is 0.0656. The van der Waals surface area contributed by atoms with Gasteiger partial charge in [0.1, 0.15) is 0 Å². The Morgan fingerprint density at radius 1 is 0.168 bits per heavy atom. The number of nitrogens with zero attached hydrogens (tertiary/aromatic N) is 2. The van der Waals surface area contributed by atoms with Gasteiger partial charge in [-0.15, -0.1) is 0 Å². The Morgan fingerprint density at radius 3 is 0.600 bits per heavy atom. The normalized spacial score (nSPS) is 12.2. The van der Waals surface area contributed by atoms with Crippen LogP contribution in [-0.4, -0.2) is 6.71 Å². The van der Waals surface area contributed by atoms with E-state index in [4.69, 9.17) is 0 Å². The molecular formula is C122H93BN2. The molecule has 0 amide bonds. The fourth-order valence-electron chi connectivity index (χ4n) is 20.1. The zero-order valence-electron chi connectivity index (χ0n) is 71.3. The first-order chi connectivity index (χ1) is 61.4. The van der Waals surface area contributed by atoms with Gasteiger partial charge in [0.05, 0.1) is 11.4 Å². The third-order valence-electron chi connectivity index (χ3n) is 25.5. The molecule has 2 nitrogen and oxygen atoms in total. The molecule has 0 spiro atoms. The van der Waals surface area contributed by atoms with Crippen molar-refractivity contribution < 1.29 is 0 Å². The SMILES string of the molecule is CC(C)(C)c1ccc(-c2ccc3c(c2)B2c4cc(-c5ccc(C(C)(C)C)c(-c6ccccc6)c5)ccc4N(c4c(-c5ccccc5)c(-c5ccccc5)c(-c5ccccc5)c(-c5ccccc5)c4-c4ccccc4)c4cccc(c42)N3c2c(-c3ccccc3)c(-c3ccccc3)c(-c3ccccc3)c(-c3ccccc3)c2-c2ccccc2)cc1-c1ccccc1. The van der Waals surface area contributed by atoms with Gasteiger partial charge in [-0.2, -0.15) is 0 Å². The molecule has 0 atom stereocenters. The summed E-state index contributed by atoms with van der Waals surface area (Å²) in [4.78, 5) is 5.49. The zero-order valence-corrected chi connectivity index (χ0v) is 71.3. The summed E-state index contributed by atoms with van der Waals surface area (Å²) in [6.45, 7) is 13.7. The van der Waals surface area contributed by atoms with Crippen molar-refractivity contribution >= 4 is 57.2 Å². The summed E-state index contributed by atoms with van der Waals surface area (Å²) >= 11 is 0. The van der Waals surface area contributed by atoms with Crippen LogP contribution in [0.5, 0.6) is 0 Å². The predicted octanol–water partition coefficient (Wildman–Crippen LogP) is 31.7. The molecule has 0 saturated heterocycles. The summed E-state index contributed by atoms with van der Waals surface area (Å²) in [5.41, 5.74) is 44.1. The van der Waals surface area contributed by atoms with E-state index in [0.29, 0.717) is 0 Å². The summed E-state index contributed by atoms with van der Waals surface area (Å²) in [7, 11) is 0. The monoisotopic (exact) mass is 1600 g/mol. The summed E-state index contributed by atoms with van der Waals surface area (Å²) in [5, 5.41) is 0. The lowest BCUT2D eigenvalue weighted by Gasteiger charge is -2.46. The van der Waals surface area contributed by atoms with Crippen molar-refractivity contribution in [2.75, 3.05) is 9.80 Å². The van der Waals surface area contributed by atoms with E-state index in [-0.39, 0.29) is 17.5 Å². The van der Waals surface area contributed by atoms with Crippen molar-refractivity contribution in [3.05, 3.63) is 466 Å². The van der Waals surface area contributed by atoms with Crippen molar-refractivity contribution in [3.63, 3.8) is 0 Å². The van der Waals surface area contributed by atoms with Crippen molar-refractivity contribution in [3.8, 4) is 156 Å². The van der Waals surface area contributed by atoms with E-state index in [9.17, 15) is 0 Å². The smallest absolute Gasteiger partial charge is 0.252 e. The quantitative estimate of drug-likeness (QED) is 0.0890. The lowest BCUT2D eigenvalue weighted by molar-refractivity contribution is 0.592. The Morgan fingerprint density at radius 2 is 0.368 bits per heavy atom. The van der Waals surface area contributed by atoms with Crippen LogP contribution in [0.25, 0.3) is 156 Å². The summed E-state index contributed by atoms with van der Waals surface area (Å²) in [6.07, 6.45) is 0. The van der Waals surface area contributed by atoms with Gasteiger partial charge < -0.3 is 9.80 Å². The highest BCUT2D eigenvalue weighted by Gasteiger charge is 2.47. The number of hydrogen-bond donors (Lipinski definition) is 0. The number of hydrogen-bond acceptors (Lipinski definition) is 2. The molecule has 0 saturated carbocycles. The van der Waals surface area contributed by atoms with E-state index in [1.165, 1.54) is 49.8 Å². The van der Waals surface area contributed by atoms with Gasteiger partial charge in [0.2, 0.25) is 0 Å². The standard InChI is InChI=1S/C122H93BN2/c1-121(2,3)100-74-70-94(78-98(100)82-44-19-7-20-45-82)96-72-76-104-102(80-96)123-103-81-97(95-71-75-101(122(4,5)6)99(79-95)83-46-21-8-22-47-83)73-77-105(103)125(120-116(92-64-39-17-40-65-92)112(88-56-31-13-32-57-88)109(85-50-25-10-26-51-85)113(89-58-33-14-34-59-89)117(120)93-66-41-18-42-67-93)107-69-43-68-106(118(107)123)124(104)119-114(90-60-35-15-36-61-90)110(86-52-27-11-28-53-86)108(84-48-23-9-24-49-84)111(87-54-29-12-30-55-87)115(119)91-62-37-16-38-63-91/h7-81H,1-6H3. The zero-order chi connectivity index (χ0) is 84.3. The molecule has 0 aromatic heterocycles. The van der Waals surface area contributed by atoms with Gasteiger partial charge in [0.25, 0.3) is 6.71 Å². The molecule has 2 heterocycles. The van der Waals surface area contributed by atoms with E-state index < -0.39 is 0 Å². The largest absolute Gasteiger partial charge is 0.310 e. The maximum absolute atomic E-state index is 2.74. The first-order valence-corrected chi connectivity index (χ1v) is 43.8. The molecule has 0 N–H and O–H groups in total. The van der Waals surface area contributed by atoms with Gasteiger partial charge in [-0.3, -0.25) is 0 Å². The molecular weight excluding hydrogens is 1500 g/mol. The molecule has 2 aliphatic heterocycles. The third-order valence-corrected chi connectivity index (χ3v) is 25.5. The Bertz CT molecular complexity index is 6560. The van der Waals surface area contributed by atoms with Crippen LogP contribution < -0.4 is 26.2 Å². The van der Waals surface area contributed by atoms with Gasteiger partial charge in [0.15, 0.2) is 0 Å². The van der Waals surface area contributed by atoms with Crippen LogP contribution in [0.2, 0.25) is 0 Å². The van der Waals surface area contributed by atoms with Crippen molar-refractivity contribution in [2.24, 2.45) is 0 Å². The molecule has 0 bridgehead atoms. The second-order valence-electron chi connectivity index (χ2n) is 35.2. The average Bonchev–Trinajstić information content (AvgIpc) is 0.654. The molecule has 19 aromatic rings. The van der Waals surface area contributed by atoms with Gasteiger partial charge in [-0.05, 0) is 186 Å². The van der Waals surface area contributed by atoms with E-state index >= 15 is 0 Å². The minimum atomic E-state index is -0.388. The van der Waals surface area contributed by atoms with Crippen LogP contribution in [0.1, 0.15) is 52.7 Å². The van der Waals surface area contributed by atoms with E-state index in [0.717, 1.165) is 168 Å². The molecule has 3 heteroatoms. The second-order valence-corrected chi connectivity index (χ2v) is 35.2. The fourth-order valence-corrected chi connectivity index (χ4v) is 20.1. The molecule has 0 unspecified atom stereocenters. The number of anilines is 6. The van der Waals surface area contributed by atoms with Gasteiger partial charge in [0, 0.05) is 67.3 Å². The topological polar surface area (TPSA) is 6.48 Å². The van der Waals surface area contributed by atoms with Crippen molar-refractivity contribution in [2.45, 2.75) is 52.4 Å². The van der Waals surface area contributed by atoms with Gasteiger partial charge in [-0.1, -0.05) is 460 Å². The minimum Gasteiger partial charge on any atom is -0.310 e. The van der Waals surface area contributed by atoms with Crippen LogP contribution in [0.15, 0.2) is 455 Å². The number of rotatable bonds is 16. The van der Waals surface area contributed by atoms with Crippen molar-refractivity contribution in [1.29, 1.82) is 0 Å². The summed E-state index contributed by atoms with van der Waals surface area (Å²) in [6, 6.07) is 172. The van der Waals surface area contributed by atoms with Crippen molar-refractivity contribution in [1.82, 2.24) is 0 Å². The maximum atomic E-state index is 2.74. The van der Waals surface area contributed by atoms with E-state index in [1.54, 1.807) is 0 Å². The van der Waals surface area contributed by atoms with Crippen LogP contribution in [0.4, 0.5) is 34.1 Å². The van der Waals surface area contributed by atoms with E-state index in [1.807, 2.05) is 0 Å². The minimum absolute atomic E-state index is 0.156. The highest BCUT2D eigenvalue weighted by Crippen LogP contribution is 2.63. The van der Waals surface area contributed by atoms with Crippen LogP contribution >= 0.6 is 0 Å². The Labute approximate surface area is 736 Å². The first-order valence-electron chi connectivity index (χ1n) is 43.8. The Balaban J connectivity index is 0.987. The lowest BCUT2D eigenvalue weighted by Crippen LogP contribution is -2.61. The number of fused-ring (bicyclic) bond motifs is 4. The number of benzene rings is 19. The Hall–Kier alpha value is -15.2. The molecule has 0 fully saturated rings. The van der Waals surface area contributed by atoms with Gasteiger partial charge >= 0.3 is 0 Å². The van der Waals surface area contributed by atoms with Crippen LogP contribution in [0, 0.1) is 0 Å².